The summed E-state index contributed by atoms with van der Waals surface area (Å²) in [6, 6.07) is 0. The Morgan fingerprint density at radius 3 is 1.33 bits per heavy atom. The van der Waals surface area contributed by atoms with Gasteiger partial charge in [0.25, 0.3) is 0 Å². The number of carbonyl (C=O) groups is 2. The van der Waals surface area contributed by atoms with E-state index in [0.29, 0.717) is 0 Å². The molecule has 0 bridgehead atoms. The van der Waals surface area contributed by atoms with Crippen LogP contribution in [0, 0.1) is 0 Å². The fraction of sp³-hybridized carbons (Fsp3) is 0.800. The fourth-order valence-electron chi connectivity index (χ4n) is 1.96. The van der Waals surface area contributed by atoms with Crippen molar-refractivity contribution in [1.29, 1.82) is 0 Å². The second-order valence-corrected chi connectivity index (χ2v) is 4.05. The van der Waals surface area contributed by atoms with E-state index in [9.17, 15) is 9.59 Å². The Morgan fingerprint density at radius 1 is 0.833 bits per heavy atom. The topological polar surface area (TPSA) is 113 Å². The average molecular weight is 307 g/mol. The molecule has 0 saturated carbocycles. The molecule has 4 N–H and O–H groups in total. The van der Waals surface area contributed by atoms with Gasteiger partial charge in [-0.2, -0.15) is 0 Å². The van der Waals surface area contributed by atoms with Crippen LogP contribution in [0.25, 0.3) is 0 Å². The Hall–Kier alpha value is -0.686. The largest absolute Gasteiger partial charge is 2.00 e. The van der Waals surface area contributed by atoms with Crippen molar-refractivity contribution in [1.82, 2.24) is 9.80 Å². The molecule has 1 aliphatic rings. The quantitative estimate of drug-likeness (QED) is 0.626. The summed E-state index contributed by atoms with van der Waals surface area (Å²) < 4.78 is 0. The van der Waals surface area contributed by atoms with Gasteiger partial charge in [-0.3, -0.25) is 19.4 Å². The van der Waals surface area contributed by atoms with Crippen molar-refractivity contribution in [2.75, 3.05) is 39.3 Å². The van der Waals surface area contributed by atoms with Gasteiger partial charge in [-0.25, -0.2) is 0 Å². The molecule has 0 amide bonds. The molecule has 1 heterocycles. The van der Waals surface area contributed by atoms with E-state index in [1.165, 1.54) is 0 Å². The molecule has 0 aromatic rings. The minimum absolute atomic E-state index is 0. The fourth-order valence-corrected chi connectivity index (χ4v) is 1.96. The number of hydrogen-bond donors (Lipinski definition) is 2. The van der Waals surface area contributed by atoms with Crippen molar-refractivity contribution < 1.29 is 41.8 Å². The van der Waals surface area contributed by atoms with E-state index >= 15 is 0 Å². The van der Waals surface area contributed by atoms with Gasteiger partial charge in [0, 0.05) is 0 Å². The predicted octanol–water partition coefficient (Wildman–Crippen LogP) is -1.27. The van der Waals surface area contributed by atoms with Crippen LogP contribution in [-0.2, 0) is 26.1 Å². The summed E-state index contributed by atoms with van der Waals surface area (Å²) in [6.45, 7) is 3.06. The first-order valence-electron chi connectivity index (χ1n) is 5.46. The Labute approximate surface area is 116 Å². The zero-order chi connectivity index (χ0) is 12.0. The van der Waals surface area contributed by atoms with E-state index in [1.54, 1.807) is 0 Å². The number of aliphatic carboxylic acids is 2. The molecule has 8 heteroatoms. The van der Waals surface area contributed by atoms with Gasteiger partial charge in [0.05, 0.1) is 13.1 Å². The molecular weight excluding hydrogens is 287 g/mol. The van der Waals surface area contributed by atoms with Gasteiger partial charge < -0.3 is 15.7 Å². The van der Waals surface area contributed by atoms with Gasteiger partial charge in [-0.15, -0.1) is 0 Å². The third-order valence-corrected chi connectivity index (χ3v) is 2.62. The molecule has 0 unspecified atom stereocenters. The first-order chi connectivity index (χ1) is 7.58. The monoisotopic (exact) mass is 306 g/mol. The SMILES string of the molecule is O.O=C(O)CN1CCCN(CC(=O)O)CCC1.[Ni+2]. The van der Waals surface area contributed by atoms with Crippen molar-refractivity contribution in [2.45, 2.75) is 12.8 Å². The maximum atomic E-state index is 10.5. The Balaban J connectivity index is 0. The molecule has 18 heavy (non-hydrogen) atoms. The number of nitrogens with zero attached hydrogens (tertiary/aromatic N) is 2. The van der Waals surface area contributed by atoms with Crippen LogP contribution >= 0.6 is 0 Å². The summed E-state index contributed by atoms with van der Waals surface area (Å²) in [7, 11) is 0. The molecule has 0 radical (unpaired) electrons. The van der Waals surface area contributed by atoms with Crippen molar-refractivity contribution in [3.8, 4) is 0 Å². The summed E-state index contributed by atoms with van der Waals surface area (Å²) in [6.07, 6.45) is 1.64. The van der Waals surface area contributed by atoms with E-state index < -0.39 is 11.9 Å². The minimum Gasteiger partial charge on any atom is -0.480 e. The van der Waals surface area contributed by atoms with E-state index in [2.05, 4.69) is 0 Å². The Morgan fingerprint density at radius 2 is 1.11 bits per heavy atom. The molecule has 0 atom stereocenters. The van der Waals surface area contributed by atoms with Crippen LogP contribution in [0.15, 0.2) is 0 Å². The number of hydrogen-bond acceptors (Lipinski definition) is 4. The van der Waals surface area contributed by atoms with Crippen LogP contribution in [-0.4, -0.2) is 76.7 Å². The zero-order valence-corrected chi connectivity index (χ0v) is 11.1. The summed E-state index contributed by atoms with van der Waals surface area (Å²) in [5, 5.41) is 17.3. The van der Waals surface area contributed by atoms with E-state index in [0.717, 1.165) is 39.0 Å². The van der Waals surface area contributed by atoms with Crippen molar-refractivity contribution in [3.63, 3.8) is 0 Å². The zero-order valence-electron chi connectivity index (χ0n) is 10.1. The van der Waals surface area contributed by atoms with Crippen LogP contribution in [0.1, 0.15) is 12.8 Å². The standard InChI is InChI=1S/C10H18N2O4.Ni.H2O/c13-9(14)7-11-3-1-4-12(6-2-5-11)8-10(15)16;;/h1-8H2,(H,13,14)(H,15,16);;1H2/q;+2;. The van der Waals surface area contributed by atoms with Crippen molar-refractivity contribution >= 4 is 11.9 Å². The van der Waals surface area contributed by atoms with Gasteiger partial charge in [0.15, 0.2) is 0 Å². The number of rotatable bonds is 4. The van der Waals surface area contributed by atoms with Gasteiger partial charge in [0.2, 0.25) is 0 Å². The van der Waals surface area contributed by atoms with Gasteiger partial charge in [-0.1, -0.05) is 0 Å². The number of carboxylic acid groups (broad SMARTS) is 2. The first-order valence-corrected chi connectivity index (χ1v) is 5.46. The summed E-state index contributed by atoms with van der Waals surface area (Å²) >= 11 is 0. The van der Waals surface area contributed by atoms with Gasteiger partial charge in [-0.05, 0) is 39.0 Å². The average Bonchev–Trinajstić information content (AvgIpc) is 2.11. The van der Waals surface area contributed by atoms with Gasteiger partial charge in [0.1, 0.15) is 0 Å². The maximum absolute atomic E-state index is 10.5. The summed E-state index contributed by atoms with van der Waals surface area (Å²) in [4.78, 5) is 24.9. The van der Waals surface area contributed by atoms with E-state index in [1.807, 2.05) is 9.80 Å². The van der Waals surface area contributed by atoms with E-state index in [-0.39, 0.29) is 35.1 Å². The number of carboxylic acids is 2. The van der Waals surface area contributed by atoms with Crippen LogP contribution in [0.2, 0.25) is 0 Å². The minimum atomic E-state index is -0.803. The molecule has 7 nitrogen and oxygen atoms in total. The molecule has 1 aliphatic heterocycles. The Bertz CT molecular complexity index is 231. The maximum Gasteiger partial charge on any atom is 2.00 e. The van der Waals surface area contributed by atoms with Crippen LogP contribution in [0.5, 0.6) is 0 Å². The molecule has 0 aromatic carbocycles. The van der Waals surface area contributed by atoms with Gasteiger partial charge >= 0.3 is 28.4 Å². The third kappa shape index (κ3) is 8.41. The second-order valence-electron chi connectivity index (χ2n) is 4.05. The van der Waals surface area contributed by atoms with Crippen molar-refractivity contribution in [2.24, 2.45) is 0 Å². The smallest absolute Gasteiger partial charge is 0.480 e. The molecule has 0 spiro atoms. The molecule has 108 valence electrons. The normalized spacial score (nSPS) is 17.8. The molecule has 1 rings (SSSR count). The molecular formula is C10H20N2NiO5+2. The second kappa shape index (κ2) is 10.3. The third-order valence-electron chi connectivity index (χ3n) is 2.62. The summed E-state index contributed by atoms with van der Waals surface area (Å²) in [5.41, 5.74) is 0. The molecule has 1 fully saturated rings. The van der Waals surface area contributed by atoms with Crippen LogP contribution in [0.3, 0.4) is 0 Å². The predicted molar refractivity (Wildman–Crippen MR) is 61.0 cm³/mol. The Kier molecular flexibility index (Phi) is 11.2. The van der Waals surface area contributed by atoms with Crippen molar-refractivity contribution in [3.05, 3.63) is 0 Å². The molecule has 0 aromatic heterocycles. The van der Waals surface area contributed by atoms with E-state index in [4.69, 9.17) is 10.2 Å². The van der Waals surface area contributed by atoms with Crippen LogP contribution in [0.4, 0.5) is 0 Å². The molecule has 1 saturated heterocycles. The first kappa shape index (κ1) is 19.6. The summed E-state index contributed by atoms with van der Waals surface area (Å²) in [5.74, 6) is -1.61. The van der Waals surface area contributed by atoms with Crippen LogP contribution < -0.4 is 0 Å². The molecule has 0 aliphatic carbocycles.